The number of aryl methyl sites for hydroxylation is 1. The number of nitrogens with one attached hydrogen (secondary N) is 1. The third-order valence-electron chi connectivity index (χ3n) is 3.54. The molecule has 0 unspecified atom stereocenters. The van der Waals surface area contributed by atoms with Gasteiger partial charge < -0.3 is 14.6 Å². The van der Waals surface area contributed by atoms with Crippen LogP contribution in [0.3, 0.4) is 0 Å². The summed E-state index contributed by atoms with van der Waals surface area (Å²) in [5, 5.41) is 4.98. The van der Waals surface area contributed by atoms with Crippen LogP contribution >= 0.6 is 11.3 Å². The molecule has 23 heavy (non-hydrogen) atoms. The number of carbonyl (C=O) groups is 1. The van der Waals surface area contributed by atoms with Gasteiger partial charge in [-0.25, -0.2) is 4.79 Å². The Balaban J connectivity index is 1.76. The van der Waals surface area contributed by atoms with E-state index in [4.69, 9.17) is 4.42 Å². The van der Waals surface area contributed by atoms with Gasteiger partial charge in [-0.2, -0.15) is 0 Å². The SMILES string of the molecule is Cc1ccsc1CN(Cc1ccco1)C(=O)Nc1ccccc1. The second kappa shape index (κ2) is 7.15. The van der Waals surface area contributed by atoms with E-state index >= 15 is 0 Å². The highest BCUT2D eigenvalue weighted by molar-refractivity contribution is 7.10. The maximum absolute atomic E-state index is 12.7. The number of carbonyl (C=O) groups excluding carboxylic acids is 1. The van der Waals surface area contributed by atoms with Crippen LogP contribution in [-0.4, -0.2) is 10.9 Å². The molecule has 4 nitrogen and oxygen atoms in total. The highest BCUT2D eigenvalue weighted by atomic mass is 32.1. The molecule has 118 valence electrons. The van der Waals surface area contributed by atoms with Crippen molar-refractivity contribution >= 4 is 23.1 Å². The van der Waals surface area contributed by atoms with E-state index in [-0.39, 0.29) is 6.03 Å². The number of anilines is 1. The fraction of sp³-hybridized carbons (Fsp3) is 0.167. The lowest BCUT2D eigenvalue weighted by Gasteiger charge is -2.22. The van der Waals surface area contributed by atoms with Crippen molar-refractivity contribution < 1.29 is 9.21 Å². The molecule has 2 aromatic heterocycles. The van der Waals surface area contributed by atoms with Crippen LogP contribution in [0.1, 0.15) is 16.2 Å². The summed E-state index contributed by atoms with van der Waals surface area (Å²) in [6, 6.07) is 15.1. The first-order valence-corrected chi connectivity index (χ1v) is 8.26. The fourth-order valence-corrected chi connectivity index (χ4v) is 3.17. The molecule has 0 aliphatic carbocycles. The van der Waals surface area contributed by atoms with Crippen molar-refractivity contribution in [2.24, 2.45) is 0 Å². The van der Waals surface area contributed by atoms with Crippen molar-refractivity contribution in [1.29, 1.82) is 0 Å². The van der Waals surface area contributed by atoms with Gasteiger partial charge in [0.15, 0.2) is 0 Å². The third kappa shape index (κ3) is 4.02. The van der Waals surface area contributed by atoms with Crippen LogP contribution in [-0.2, 0) is 13.1 Å². The van der Waals surface area contributed by atoms with E-state index in [1.54, 1.807) is 22.5 Å². The van der Waals surface area contributed by atoms with Crippen molar-refractivity contribution in [3.8, 4) is 0 Å². The molecule has 3 aromatic rings. The summed E-state index contributed by atoms with van der Waals surface area (Å²) in [4.78, 5) is 15.6. The summed E-state index contributed by atoms with van der Waals surface area (Å²) in [7, 11) is 0. The van der Waals surface area contributed by atoms with Crippen molar-refractivity contribution in [2.75, 3.05) is 5.32 Å². The minimum absolute atomic E-state index is 0.139. The van der Waals surface area contributed by atoms with Gasteiger partial charge in [-0.15, -0.1) is 11.3 Å². The Morgan fingerprint density at radius 2 is 1.96 bits per heavy atom. The van der Waals surface area contributed by atoms with Gasteiger partial charge in [-0.1, -0.05) is 18.2 Å². The summed E-state index contributed by atoms with van der Waals surface area (Å²) in [6.45, 7) is 3.05. The largest absolute Gasteiger partial charge is 0.467 e. The van der Waals surface area contributed by atoms with E-state index in [1.165, 1.54) is 10.4 Å². The van der Waals surface area contributed by atoms with Gasteiger partial charge in [0.05, 0.1) is 19.4 Å². The van der Waals surface area contributed by atoms with Crippen LogP contribution in [0.5, 0.6) is 0 Å². The van der Waals surface area contributed by atoms with Gasteiger partial charge in [0.2, 0.25) is 0 Å². The van der Waals surface area contributed by atoms with Crippen LogP contribution in [0, 0.1) is 6.92 Å². The van der Waals surface area contributed by atoms with Crippen LogP contribution in [0.25, 0.3) is 0 Å². The fourth-order valence-electron chi connectivity index (χ4n) is 2.25. The maximum atomic E-state index is 12.7. The number of benzene rings is 1. The van der Waals surface area contributed by atoms with E-state index < -0.39 is 0 Å². The quantitative estimate of drug-likeness (QED) is 0.726. The van der Waals surface area contributed by atoms with Crippen LogP contribution in [0.4, 0.5) is 10.5 Å². The summed E-state index contributed by atoms with van der Waals surface area (Å²) in [6.07, 6.45) is 1.62. The van der Waals surface area contributed by atoms with Crippen LogP contribution in [0.2, 0.25) is 0 Å². The molecule has 1 aromatic carbocycles. The summed E-state index contributed by atoms with van der Waals surface area (Å²) >= 11 is 1.66. The average Bonchev–Trinajstić information content (AvgIpc) is 3.20. The van der Waals surface area contributed by atoms with Gasteiger partial charge >= 0.3 is 6.03 Å². The molecule has 0 saturated carbocycles. The number of thiophene rings is 1. The van der Waals surface area contributed by atoms with Crippen molar-refractivity contribution in [3.63, 3.8) is 0 Å². The minimum atomic E-state index is -0.139. The average molecular weight is 326 g/mol. The molecule has 0 atom stereocenters. The molecule has 0 aliphatic rings. The molecule has 3 rings (SSSR count). The normalized spacial score (nSPS) is 10.5. The molecular weight excluding hydrogens is 308 g/mol. The van der Waals surface area contributed by atoms with E-state index in [9.17, 15) is 4.79 Å². The van der Waals surface area contributed by atoms with Crippen LogP contribution < -0.4 is 5.32 Å². The van der Waals surface area contributed by atoms with Crippen molar-refractivity contribution in [3.05, 3.63) is 76.4 Å². The van der Waals surface area contributed by atoms with E-state index in [0.29, 0.717) is 13.1 Å². The molecule has 0 saturated heterocycles. The first kappa shape index (κ1) is 15.4. The first-order valence-electron chi connectivity index (χ1n) is 7.38. The molecule has 0 radical (unpaired) electrons. The number of hydrogen-bond acceptors (Lipinski definition) is 3. The van der Waals surface area contributed by atoms with Gasteiger partial charge in [0, 0.05) is 10.6 Å². The second-order valence-corrected chi connectivity index (χ2v) is 6.26. The van der Waals surface area contributed by atoms with E-state index in [1.807, 2.05) is 47.8 Å². The number of furan rings is 1. The van der Waals surface area contributed by atoms with E-state index in [0.717, 1.165) is 11.4 Å². The zero-order valence-electron chi connectivity index (χ0n) is 12.9. The molecule has 0 bridgehead atoms. The Hall–Kier alpha value is -2.53. The lowest BCUT2D eigenvalue weighted by Crippen LogP contribution is -2.33. The minimum Gasteiger partial charge on any atom is -0.467 e. The lowest BCUT2D eigenvalue weighted by molar-refractivity contribution is 0.201. The Bertz CT molecular complexity index is 750. The maximum Gasteiger partial charge on any atom is 0.322 e. The van der Waals surface area contributed by atoms with Gasteiger partial charge in [0.25, 0.3) is 0 Å². The Labute approximate surface area is 139 Å². The Kier molecular flexibility index (Phi) is 4.78. The lowest BCUT2D eigenvalue weighted by atomic mass is 10.2. The Morgan fingerprint density at radius 3 is 2.61 bits per heavy atom. The third-order valence-corrected chi connectivity index (χ3v) is 4.55. The summed E-state index contributed by atoms with van der Waals surface area (Å²) < 4.78 is 5.40. The summed E-state index contributed by atoms with van der Waals surface area (Å²) in [5.41, 5.74) is 1.98. The smallest absolute Gasteiger partial charge is 0.322 e. The standard InChI is InChI=1S/C18H18N2O2S/c1-14-9-11-23-17(14)13-20(12-16-8-5-10-22-16)18(21)19-15-6-3-2-4-7-15/h2-11H,12-13H2,1H3,(H,19,21). The molecule has 0 spiro atoms. The molecule has 2 amide bonds. The number of nitrogens with zero attached hydrogens (tertiary/aromatic N) is 1. The number of para-hydroxylation sites is 1. The number of hydrogen-bond donors (Lipinski definition) is 1. The number of rotatable bonds is 5. The molecule has 0 fully saturated rings. The first-order chi connectivity index (χ1) is 11.2. The van der Waals surface area contributed by atoms with Crippen molar-refractivity contribution in [2.45, 2.75) is 20.0 Å². The molecule has 2 heterocycles. The zero-order chi connectivity index (χ0) is 16.1. The predicted octanol–water partition coefficient (Wildman–Crippen LogP) is 4.88. The van der Waals surface area contributed by atoms with Gasteiger partial charge in [-0.3, -0.25) is 0 Å². The van der Waals surface area contributed by atoms with Crippen LogP contribution in [0.15, 0.2) is 64.6 Å². The second-order valence-electron chi connectivity index (χ2n) is 5.26. The highest BCUT2D eigenvalue weighted by Crippen LogP contribution is 2.20. The zero-order valence-corrected chi connectivity index (χ0v) is 13.7. The van der Waals surface area contributed by atoms with Gasteiger partial charge in [0.1, 0.15) is 5.76 Å². The van der Waals surface area contributed by atoms with E-state index in [2.05, 4.69) is 18.3 Å². The highest BCUT2D eigenvalue weighted by Gasteiger charge is 2.17. The molecule has 0 aliphatic heterocycles. The molecule has 5 heteroatoms. The summed E-state index contributed by atoms with van der Waals surface area (Å²) in [5.74, 6) is 0.766. The predicted molar refractivity (Wildman–Crippen MR) is 92.5 cm³/mol. The monoisotopic (exact) mass is 326 g/mol. The number of amides is 2. The Morgan fingerprint density at radius 1 is 1.13 bits per heavy atom. The molecule has 1 N–H and O–H groups in total. The molecular formula is C18H18N2O2S. The topological polar surface area (TPSA) is 45.5 Å². The van der Waals surface area contributed by atoms with Crippen molar-refractivity contribution in [1.82, 2.24) is 4.90 Å². The van der Waals surface area contributed by atoms with Gasteiger partial charge in [-0.05, 0) is 48.2 Å². The number of urea groups is 1.